The molecule has 0 amide bonds. The maximum absolute atomic E-state index is 10.8. The Morgan fingerprint density at radius 2 is 2.00 bits per heavy atom. The van der Waals surface area contributed by atoms with Gasteiger partial charge in [-0.25, -0.2) is 8.42 Å². The molecule has 3 nitrogen and oxygen atoms in total. The van der Waals surface area contributed by atoms with Gasteiger partial charge in [0.1, 0.15) is 5.94 Å². The third-order valence-corrected chi connectivity index (χ3v) is 2.95. The van der Waals surface area contributed by atoms with E-state index in [0.29, 0.717) is 6.42 Å². The van der Waals surface area contributed by atoms with Gasteiger partial charge >= 0.3 is 0 Å². The molecule has 1 aliphatic heterocycles. The highest BCUT2D eigenvalue weighted by atomic mass is 32.2. The molecule has 1 rings (SSSR count). The summed E-state index contributed by atoms with van der Waals surface area (Å²) in [6.45, 7) is 3.81. The molecule has 0 atom stereocenters. The van der Waals surface area contributed by atoms with Crippen LogP contribution >= 0.6 is 0 Å². The van der Waals surface area contributed by atoms with Crippen LogP contribution in [-0.2, 0) is 14.6 Å². The molecule has 1 aliphatic rings. The minimum Gasteiger partial charge on any atom is -0.360 e. The minimum absolute atomic E-state index is 0.111. The number of sulfone groups is 1. The van der Waals surface area contributed by atoms with Gasteiger partial charge in [-0.1, -0.05) is 0 Å². The van der Waals surface area contributed by atoms with Crippen LogP contribution in [0.15, 0.2) is 0 Å². The van der Waals surface area contributed by atoms with Gasteiger partial charge in [0.15, 0.2) is 9.84 Å². The van der Waals surface area contributed by atoms with Gasteiger partial charge in [-0.15, -0.1) is 0 Å². The van der Waals surface area contributed by atoms with Crippen LogP contribution in [0.4, 0.5) is 0 Å². The van der Waals surface area contributed by atoms with Crippen molar-refractivity contribution in [3.8, 4) is 0 Å². The summed E-state index contributed by atoms with van der Waals surface area (Å²) in [7, 11) is -2.88. The number of ether oxygens (including phenoxy) is 1. The van der Waals surface area contributed by atoms with E-state index in [9.17, 15) is 8.42 Å². The predicted molar refractivity (Wildman–Crippen MR) is 38.4 cm³/mol. The molecular weight excluding hydrogens is 152 g/mol. The molecule has 0 aromatic heterocycles. The molecule has 1 heterocycles. The van der Waals surface area contributed by atoms with Crippen LogP contribution in [0.2, 0.25) is 0 Å². The first-order valence-corrected chi connectivity index (χ1v) is 5.08. The lowest BCUT2D eigenvalue weighted by Gasteiger charge is -2.29. The second-order valence-electron chi connectivity index (χ2n) is 3.22. The largest absolute Gasteiger partial charge is 0.360 e. The van der Waals surface area contributed by atoms with Gasteiger partial charge in [0, 0.05) is 0 Å². The molecule has 0 radical (unpaired) electrons. The third kappa shape index (κ3) is 1.95. The lowest BCUT2D eigenvalue weighted by molar-refractivity contribution is -0.00131. The molecule has 0 spiro atoms. The fraction of sp³-hybridized carbons (Fsp3) is 1.00. The van der Waals surface area contributed by atoms with Gasteiger partial charge in [-0.05, 0) is 20.3 Å². The monoisotopic (exact) mass is 164 g/mol. The number of hydrogen-bond donors (Lipinski definition) is 0. The van der Waals surface area contributed by atoms with E-state index < -0.39 is 9.84 Å². The third-order valence-electron chi connectivity index (χ3n) is 1.64. The van der Waals surface area contributed by atoms with E-state index in [4.69, 9.17) is 4.74 Å². The van der Waals surface area contributed by atoms with E-state index >= 15 is 0 Å². The minimum atomic E-state index is -2.88. The first-order chi connectivity index (χ1) is 4.41. The lowest BCUT2D eigenvalue weighted by Crippen LogP contribution is -2.36. The van der Waals surface area contributed by atoms with E-state index in [2.05, 4.69) is 0 Å². The van der Waals surface area contributed by atoms with Gasteiger partial charge in [-0.2, -0.15) is 0 Å². The summed E-state index contributed by atoms with van der Waals surface area (Å²) in [5.74, 6) is 0.153. The van der Waals surface area contributed by atoms with Crippen LogP contribution in [0.25, 0.3) is 0 Å². The van der Waals surface area contributed by atoms with Crippen LogP contribution in [0.1, 0.15) is 20.3 Å². The average Bonchev–Trinajstić information content (AvgIpc) is 1.79. The highest BCUT2D eigenvalue weighted by Gasteiger charge is 2.29. The summed E-state index contributed by atoms with van der Waals surface area (Å²) in [6, 6.07) is 0. The molecule has 0 bridgehead atoms. The van der Waals surface area contributed by atoms with Crippen molar-refractivity contribution in [2.75, 3.05) is 11.7 Å². The molecule has 0 unspecified atom stereocenters. The Kier molecular flexibility index (Phi) is 1.76. The summed E-state index contributed by atoms with van der Waals surface area (Å²) in [5, 5.41) is 0. The SMILES string of the molecule is CC1(C)CCS(=O)(=O)CO1. The molecule has 0 aromatic carbocycles. The van der Waals surface area contributed by atoms with Gasteiger partial charge < -0.3 is 4.74 Å². The van der Waals surface area contributed by atoms with Crippen molar-refractivity contribution >= 4 is 9.84 Å². The lowest BCUT2D eigenvalue weighted by atomic mass is 10.1. The highest BCUT2D eigenvalue weighted by Crippen LogP contribution is 2.21. The Labute approximate surface area is 61.3 Å². The summed E-state index contributed by atoms with van der Waals surface area (Å²) in [4.78, 5) is 0. The molecule has 0 aromatic rings. The van der Waals surface area contributed by atoms with Gasteiger partial charge in [-0.3, -0.25) is 0 Å². The van der Waals surface area contributed by atoms with Crippen molar-refractivity contribution in [3.63, 3.8) is 0 Å². The van der Waals surface area contributed by atoms with Crippen molar-refractivity contribution in [1.82, 2.24) is 0 Å². The predicted octanol–water partition coefficient (Wildman–Crippen LogP) is 0.558. The molecule has 10 heavy (non-hydrogen) atoms. The van der Waals surface area contributed by atoms with Crippen LogP contribution in [0.3, 0.4) is 0 Å². The highest BCUT2D eigenvalue weighted by molar-refractivity contribution is 7.91. The summed E-state index contributed by atoms with van der Waals surface area (Å²) in [6.07, 6.45) is 0.606. The zero-order valence-corrected chi connectivity index (χ0v) is 7.07. The molecule has 60 valence electrons. The van der Waals surface area contributed by atoms with Crippen molar-refractivity contribution in [2.45, 2.75) is 25.9 Å². The molecule has 4 heteroatoms. The zero-order valence-electron chi connectivity index (χ0n) is 6.25. The van der Waals surface area contributed by atoms with Crippen molar-refractivity contribution in [3.05, 3.63) is 0 Å². The normalized spacial score (nSPS) is 29.8. The van der Waals surface area contributed by atoms with E-state index in [0.717, 1.165) is 0 Å². The average molecular weight is 164 g/mol. The first kappa shape index (κ1) is 8.01. The number of rotatable bonds is 0. The Hall–Kier alpha value is -0.0900. The second-order valence-corrected chi connectivity index (χ2v) is 5.35. The van der Waals surface area contributed by atoms with Gasteiger partial charge in [0.2, 0.25) is 0 Å². The topological polar surface area (TPSA) is 43.4 Å². The zero-order chi connectivity index (χ0) is 7.83. The quantitative estimate of drug-likeness (QED) is 0.525. The Morgan fingerprint density at radius 3 is 2.30 bits per heavy atom. The standard InChI is InChI=1S/C6H12O3S/c1-6(2)3-4-10(7,8)5-9-6/h3-5H2,1-2H3. The molecule has 0 N–H and O–H groups in total. The molecule has 1 saturated heterocycles. The maximum Gasteiger partial charge on any atom is 0.174 e. The van der Waals surface area contributed by atoms with E-state index in [1.807, 2.05) is 13.8 Å². The Morgan fingerprint density at radius 1 is 1.40 bits per heavy atom. The maximum atomic E-state index is 10.8. The van der Waals surface area contributed by atoms with Crippen molar-refractivity contribution in [1.29, 1.82) is 0 Å². The van der Waals surface area contributed by atoms with Gasteiger partial charge in [0.25, 0.3) is 0 Å². The summed E-state index contributed by atoms with van der Waals surface area (Å²) < 4.78 is 26.7. The fourth-order valence-electron chi connectivity index (χ4n) is 0.782. The Balaban J connectivity index is 2.63. The van der Waals surface area contributed by atoms with E-state index in [1.54, 1.807) is 0 Å². The van der Waals surface area contributed by atoms with Crippen LogP contribution in [0, 0.1) is 0 Å². The van der Waals surface area contributed by atoms with E-state index in [1.165, 1.54) is 0 Å². The Bertz CT molecular complexity index is 199. The molecular formula is C6H12O3S. The molecule has 0 saturated carbocycles. The smallest absolute Gasteiger partial charge is 0.174 e. The molecule has 0 aliphatic carbocycles. The summed E-state index contributed by atoms with van der Waals surface area (Å²) >= 11 is 0. The van der Waals surface area contributed by atoms with E-state index in [-0.39, 0.29) is 17.3 Å². The fourth-order valence-corrected chi connectivity index (χ4v) is 2.20. The van der Waals surface area contributed by atoms with Crippen LogP contribution in [0.5, 0.6) is 0 Å². The molecule has 1 fully saturated rings. The van der Waals surface area contributed by atoms with Gasteiger partial charge in [0.05, 0.1) is 11.4 Å². The first-order valence-electron chi connectivity index (χ1n) is 3.26. The second kappa shape index (κ2) is 2.20. The van der Waals surface area contributed by atoms with Crippen molar-refractivity contribution in [2.24, 2.45) is 0 Å². The van der Waals surface area contributed by atoms with Crippen LogP contribution in [-0.4, -0.2) is 25.7 Å². The summed E-state index contributed by atoms with van der Waals surface area (Å²) in [5.41, 5.74) is -0.245. The van der Waals surface area contributed by atoms with Crippen molar-refractivity contribution < 1.29 is 13.2 Å². The number of hydrogen-bond acceptors (Lipinski definition) is 3. The van der Waals surface area contributed by atoms with Crippen LogP contribution < -0.4 is 0 Å².